The third-order valence-electron chi connectivity index (χ3n) is 5.26. The van der Waals surface area contributed by atoms with Gasteiger partial charge in [0.25, 0.3) is 5.91 Å². The monoisotopic (exact) mass is 482 g/mol. The highest BCUT2D eigenvalue weighted by Gasteiger charge is 2.50. The van der Waals surface area contributed by atoms with Gasteiger partial charge >= 0.3 is 0 Å². The summed E-state index contributed by atoms with van der Waals surface area (Å²) in [6.45, 7) is 0. The van der Waals surface area contributed by atoms with Gasteiger partial charge in [-0.25, -0.2) is 17.2 Å². The SMILES string of the molecule is COc1ccc(CC(=O)N=C2S[C@H]3CS(=O)(=O)C[C@H]3N2c2ccc(F)cc2F)cc1OC. The highest BCUT2D eigenvalue weighted by molar-refractivity contribution is 8.16. The van der Waals surface area contributed by atoms with Crippen molar-refractivity contribution in [2.24, 2.45) is 4.99 Å². The van der Waals surface area contributed by atoms with E-state index in [1.54, 1.807) is 18.2 Å². The fourth-order valence-corrected chi connectivity index (χ4v) is 7.76. The Kier molecular flexibility index (Phi) is 6.13. The van der Waals surface area contributed by atoms with Gasteiger partial charge in [-0.3, -0.25) is 4.79 Å². The van der Waals surface area contributed by atoms with Crippen LogP contribution in [0.1, 0.15) is 5.56 Å². The number of methoxy groups -OCH3 is 2. The number of carbonyl (C=O) groups is 1. The number of ether oxygens (including phenoxy) is 2. The number of benzene rings is 2. The quantitative estimate of drug-likeness (QED) is 0.648. The molecule has 0 N–H and O–H groups in total. The van der Waals surface area contributed by atoms with E-state index in [0.29, 0.717) is 17.1 Å². The average molecular weight is 483 g/mol. The highest BCUT2D eigenvalue weighted by Crippen LogP contribution is 2.42. The Hall–Kier alpha value is -2.66. The van der Waals surface area contributed by atoms with Gasteiger partial charge in [-0.1, -0.05) is 17.8 Å². The Bertz CT molecular complexity index is 1200. The summed E-state index contributed by atoms with van der Waals surface area (Å²) < 4.78 is 62.7. The van der Waals surface area contributed by atoms with Crippen molar-refractivity contribution in [3.63, 3.8) is 0 Å². The first-order chi connectivity index (χ1) is 15.2. The van der Waals surface area contributed by atoms with Crippen LogP contribution in [0.2, 0.25) is 0 Å². The summed E-state index contributed by atoms with van der Waals surface area (Å²) >= 11 is 1.12. The number of thioether (sulfide) groups is 1. The number of rotatable bonds is 5. The van der Waals surface area contributed by atoms with E-state index in [-0.39, 0.29) is 28.8 Å². The molecule has 2 fully saturated rings. The van der Waals surface area contributed by atoms with Gasteiger partial charge in [-0.2, -0.15) is 4.99 Å². The zero-order chi connectivity index (χ0) is 23.0. The van der Waals surface area contributed by atoms with Crippen molar-refractivity contribution in [3.05, 3.63) is 53.6 Å². The van der Waals surface area contributed by atoms with Crippen LogP contribution in [0.15, 0.2) is 41.4 Å². The molecule has 0 aliphatic carbocycles. The maximum Gasteiger partial charge on any atom is 0.252 e. The zero-order valence-electron chi connectivity index (χ0n) is 17.2. The van der Waals surface area contributed by atoms with E-state index >= 15 is 0 Å². The van der Waals surface area contributed by atoms with Crippen molar-refractivity contribution in [2.45, 2.75) is 17.7 Å². The Morgan fingerprint density at radius 1 is 1.12 bits per heavy atom. The Morgan fingerprint density at radius 3 is 2.56 bits per heavy atom. The molecular weight excluding hydrogens is 462 g/mol. The van der Waals surface area contributed by atoms with E-state index in [1.165, 1.54) is 25.2 Å². The van der Waals surface area contributed by atoms with E-state index < -0.39 is 38.7 Å². The fourth-order valence-electron chi connectivity index (χ4n) is 3.83. The van der Waals surface area contributed by atoms with Gasteiger partial charge in [0.05, 0.1) is 43.9 Å². The van der Waals surface area contributed by atoms with Crippen molar-refractivity contribution in [3.8, 4) is 11.5 Å². The number of anilines is 1. The van der Waals surface area contributed by atoms with Crippen LogP contribution < -0.4 is 14.4 Å². The molecule has 2 atom stereocenters. The summed E-state index contributed by atoms with van der Waals surface area (Å²) in [5.41, 5.74) is 0.628. The lowest BCUT2D eigenvalue weighted by molar-refractivity contribution is -0.117. The number of carbonyl (C=O) groups excluding carboxylic acids is 1. The van der Waals surface area contributed by atoms with Crippen LogP contribution in [0.5, 0.6) is 11.5 Å². The first-order valence-corrected chi connectivity index (χ1v) is 12.3. The van der Waals surface area contributed by atoms with Crippen molar-refractivity contribution in [2.75, 3.05) is 30.6 Å². The number of amidine groups is 1. The summed E-state index contributed by atoms with van der Waals surface area (Å²) in [6, 6.07) is 7.50. The Labute approximate surface area is 188 Å². The van der Waals surface area contributed by atoms with Crippen LogP contribution in [-0.2, 0) is 21.1 Å². The zero-order valence-corrected chi connectivity index (χ0v) is 18.9. The van der Waals surface area contributed by atoms with Crippen molar-refractivity contribution in [1.82, 2.24) is 0 Å². The molecule has 2 aromatic carbocycles. The number of halogens is 2. The molecular formula is C21H20F2N2O5S2. The summed E-state index contributed by atoms with van der Waals surface area (Å²) in [4.78, 5) is 18.3. The molecule has 2 aromatic rings. The third kappa shape index (κ3) is 4.44. The standard InChI is InChI=1S/C21H20F2N2O5S2/c1-29-17-6-3-12(7-18(17)30-2)8-20(26)24-21-25(15-5-4-13(22)9-14(15)23)16-10-32(27,28)11-19(16)31-21/h3-7,9,16,19H,8,10-11H2,1-2H3/t16-,19+/m1/s1. The van der Waals surface area contributed by atoms with Crippen LogP contribution in [0.3, 0.4) is 0 Å². The van der Waals surface area contributed by atoms with Gasteiger partial charge < -0.3 is 14.4 Å². The molecule has 2 heterocycles. The summed E-state index contributed by atoms with van der Waals surface area (Å²) in [5, 5.41) is -0.192. The molecule has 0 bridgehead atoms. The molecule has 170 valence electrons. The fraction of sp³-hybridized carbons (Fsp3) is 0.333. The van der Waals surface area contributed by atoms with E-state index in [2.05, 4.69) is 4.99 Å². The Balaban J connectivity index is 1.64. The van der Waals surface area contributed by atoms with Crippen LogP contribution >= 0.6 is 11.8 Å². The molecule has 0 unspecified atom stereocenters. The first kappa shape index (κ1) is 22.5. The lowest BCUT2D eigenvalue weighted by atomic mass is 10.1. The van der Waals surface area contributed by atoms with Crippen LogP contribution in [-0.4, -0.2) is 56.5 Å². The lowest BCUT2D eigenvalue weighted by Crippen LogP contribution is -2.38. The maximum atomic E-state index is 14.6. The number of fused-ring (bicyclic) bond motifs is 1. The van der Waals surface area contributed by atoms with Gasteiger partial charge in [-0.05, 0) is 29.8 Å². The molecule has 7 nitrogen and oxygen atoms in total. The van der Waals surface area contributed by atoms with Gasteiger partial charge in [0.1, 0.15) is 11.6 Å². The van der Waals surface area contributed by atoms with Gasteiger partial charge in [0.2, 0.25) is 0 Å². The van der Waals surface area contributed by atoms with Crippen LogP contribution in [0.25, 0.3) is 0 Å². The Morgan fingerprint density at radius 2 is 1.88 bits per heavy atom. The molecule has 2 aliphatic heterocycles. The average Bonchev–Trinajstić information content (AvgIpc) is 3.19. The molecule has 32 heavy (non-hydrogen) atoms. The minimum atomic E-state index is -3.31. The first-order valence-electron chi connectivity index (χ1n) is 9.64. The topological polar surface area (TPSA) is 85.3 Å². The number of sulfone groups is 1. The minimum Gasteiger partial charge on any atom is -0.493 e. The predicted molar refractivity (Wildman–Crippen MR) is 118 cm³/mol. The second kappa shape index (κ2) is 8.70. The molecule has 0 radical (unpaired) electrons. The normalized spacial score (nSPS) is 22.8. The number of hydrogen-bond donors (Lipinski definition) is 0. The number of hydrogen-bond acceptors (Lipinski definition) is 6. The minimum absolute atomic E-state index is 0.0128. The molecule has 4 rings (SSSR count). The molecule has 2 aliphatic rings. The third-order valence-corrected chi connectivity index (χ3v) is 8.47. The second-order valence-electron chi connectivity index (χ2n) is 7.42. The number of aliphatic imine (C=N–C) groups is 1. The number of amides is 1. The summed E-state index contributed by atoms with van der Waals surface area (Å²) in [5.74, 6) is -1.39. The highest BCUT2D eigenvalue weighted by atomic mass is 32.2. The molecule has 2 saturated heterocycles. The van der Waals surface area contributed by atoms with Gasteiger partial charge in [0.15, 0.2) is 26.5 Å². The molecule has 0 aromatic heterocycles. The predicted octanol–water partition coefficient (Wildman–Crippen LogP) is 2.83. The lowest BCUT2D eigenvalue weighted by Gasteiger charge is -2.24. The smallest absolute Gasteiger partial charge is 0.252 e. The maximum absolute atomic E-state index is 14.6. The molecule has 11 heteroatoms. The van der Waals surface area contributed by atoms with E-state index in [9.17, 15) is 22.0 Å². The van der Waals surface area contributed by atoms with E-state index in [1.807, 2.05) is 0 Å². The molecule has 0 saturated carbocycles. The van der Waals surface area contributed by atoms with E-state index in [0.717, 1.165) is 23.9 Å². The second-order valence-corrected chi connectivity index (χ2v) is 10.8. The largest absolute Gasteiger partial charge is 0.493 e. The summed E-state index contributed by atoms with van der Waals surface area (Å²) in [6.07, 6.45) is -0.0439. The van der Waals surface area contributed by atoms with Crippen LogP contribution in [0, 0.1) is 11.6 Å². The van der Waals surface area contributed by atoms with Gasteiger partial charge in [0, 0.05) is 11.3 Å². The van der Waals surface area contributed by atoms with Gasteiger partial charge in [-0.15, -0.1) is 0 Å². The van der Waals surface area contributed by atoms with Crippen molar-refractivity contribution in [1.29, 1.82) is 0 Å². The summed E-state index contributed by atoms with van der Waals surface area (Å²) in [7, 11) is -0.314. The van der Waals surface area contributed by atoms with Crippen molar-refractivity contribution < 1.29 is 31.5 Å². The van der Waals surface area contributed by atoms with Crippen LogP contribution in [0.4, 0.5) is 14.5 Å². The van der Waals surface area contributed by atoms with Crippen molar-refractivity contribution >= 4 is 38.4 Å². The number of nitrogens with zero attached hydrogens (tertiary/aromatic N) is 2. The molecule has 1 amide bonds. The van der Waals surface area contributed by atoms with E-state index in [4.69, 9.17) is 9.47 Å². The molecule has 0 spiro atoms.